The Kier molecular flexibility index (Phi) is 9.57. The number of rotatable bonds is 0. The molecule has 29 heavy (non-hydrogen) atoms. The van der Waals surface area contributed by atoms with Crippen molar-refractivity contribution in [2.24, 2.45) is 0 Å². The molecule has 0 atom stereocenters. The number of hydrogen-bond acceptors (Lipinski definition) is 3. The van der Waals surface area contributed by atoms with Crippen LogP contribution in [0.4, 0.5) is 11.4 Å². The average Bonchev–Trinajstić information content (AvgIpc) is 2.72. The largest absolute Gasteiger partial charge is 1.00 e. The van der Waals surface area contributed by atoms with E-state index in [4.69, 9.17) is 4.74 Å². The molecule has 154 valence electrons. The van der Waals surface area contributed by atoms with E-state index in [1.165, 1.54) is 11.1 Å². The summed E-state index contributed by atoms with van der Waals surface area (Å²) >= 11 is 0. The number of hydrogen-bond donors (Lipinski definition) is 2. The molecule has 7 heteroatoms. The highest BCUT2D eigenvalue weighted by atomic mass is 79.9. The van der Waals surface area contributed by atoms with Gasteiger partial charge in [0.05, 0.1) is 0 Å². The molecule has 0 saturated carbocycles. The maximum Gasteiger partial charge on any atom is 0.171 e. The van der Waals surface area contributed by atoms with Gasteiger partial charge in [-0.1, -0.05) is 24.3 Å². The Morgan fingerprint density at radius 1 is 0.655 bits per heavy atom. The van der Waals surface area contributed by atoms with E-state index in [9.17, 15) is 0 Å². The number of aromatic nitrogens is 2. The fourth-order valence-corrected chi connectivity index (χ4v) is 3.15. The SMILES string of the molecule is [Br-].[Br-].c1cc2cc(c1)CNc1cc[n+](cc1)CCOCC[n+]1ccc(cc1)NC2. The Labute approximate surface area is 193 Å². The van der Waals surface area contributed by atoms with Crippen molar-refractivity contribution >= 4 is 11.4 Å². The molecule has 7 rings (SSSR count). The highest BCUT2D eigenvalue weighted by Gasteiger charge is 2.05. The number of nitrogens with zero attached hydrogens (tertiary/aromatic N) is 2. The van der Waals surface area contributed by atoms with Gasteiger partial charge in [0.2, 0.25) is 0 Å². The Balaban J connectivity index is 0.00000150. The van der Waals surface area contributed by atoms with E-state index in [0.29, 0.717) is 13.2 Å². The third-order valence-electron chi connectivity index (χ3n) is 4.75. The summed E-state index contributed by atoms with van der Waals surface area (Å²) in [6.07, 6.45) is 8.38. The lowest BCUT2D eigenvalue weighted by Gasteiger charge is -2.10. The molecule has 5 nitrogen and oxygen atoms in total. The van der Waals surface area contributed by atoms with Crippen LogP contribution in [0.2, 0.25) is 0 Å². The first kappa shape index (κ1) is 23.3. The van der Waals surface area contributed by atoms with Gasteiger partial charge < -0.3 is 49.3 Å². The Morgan fingerprint density at radius 2 is 1.10 bits per heavy atom. The van der Waals surface area contributed by atoms with Gasteiger partial charge in [0.25, 0.3) is 0 Å². The molecule has 3 aromatic rings. The molecule has 0 unspecified atom stereocenters. The number of benzene rings is 1. The lowest BCUT2D eigenvalue weighted by Crippen LogP contribution is -3.00. The van der Waals surface area contributed by atoms with Crippen molar-refractivity contribution in [2.75, 3.05) is 23.8 Å². The van der Waals surface area contributed by atoms with Crippen LogP contribution in [-0.4, -0.2) is 13.2 Å². The minimum Gasteiger partial charge on any atom is -1.00 e. The molecule has 2 N–H and O–H groups in total. The van der Waals surface area contributed by atoms with E-state index < -0.39 is 0 Å². The van der Waals surface area contributed by atoms with Gasteiger partial charge >= 0.3 is 0 Å². The van der Waals surface area contributed by atoms with Gasteiger partial charge in [0.1, 0.15) is 13.2 Å². The summed E-state index contributed by atoms with van der Waals surface area (Å²) in [7, 11) is 0. The molecule has 1 aromatic carbocycles. The summed E-state index contributed by atoms with van der Waals surface area (Å²) < 4.78 is 10.1. The fraction of sp³-hybridized carbons (Fsp3) is 0.273. The first-order valence-corrected chi connectivity index (χ1v) is 9.47. The van der Waals surface area contributed by atoms with Crippen LogP contribution in [0.1, 0.15) is 11.1 Å². The van der Waals surface area contributed by atoms with Gasteiger partial charge in [-0.25, -0.2) is 9.13 Å². The monoisotopic (exact) mass is 520 g/mol. The van der Waals surface area contributed by atoms with Crippen molar-refractivity contribution < 1.29 is 47.8 Å². The summed E-state index contributed by atoms with van der Waals surface area (Å²) in [4.78, 5) is 0. The Hall–Kier alpha value is -1.96. The Bertz CT molecular complexity index is 804. The predicted octanol–water partition coefficient (Wildman–Crippen LogP) is -3.48. The van der Waals surface area contributed by atoms with Crippen LogP contribution in [0, 0.1) is 0 Å². The van der Waals surface area contributed by atoms with E-state index in [1.807, 2.05) is 0 Å². The standard InChI is InChI=1S/C22H24N4O.2BrH/c1-2-19-16-20(3-1)18-24-22-6-10-26(11-7-22)13-15-27-14-12-25-8-4-21(5-9-25)23-17-19;;/h1-11,16H,12-15,17-18H2;2*1H. The van der Waals surface area contributed by atoms with E-state index in [-0.39, 0.29) is 34.0 Å². The van der Waals surface area contributed by atoms with Crippen molar-refractivity contribution in [3.05, 3.63) is 84.4 Å². The second-order valence-electron chi connectivity index (χ2n) is 6.79. The first-order chi connectivity index (χ1) is 13.3. The van der Waals surface area contributed by atoms with Crippen LogP contribution in [0.3, 0.4) is 0 Å². The first-order valence-electron chi connectivity index (χ1n) is 9.47. The van der Waals surface area contributed by atoms with Crippen molar-refractivity contribution in [3.63, 3.8) is 0 Å². The zero-order valence-electron chi connectivity index (χ0n) is 16.2. The molecule has 4 aliphatic heterocycles. The molecule has 6 bridgehead atoms. The van der Waals surface area contributed by atoms with Crippen molar-refractivity contribution in [2.45, 2.75) is 26.2 Å². The van der Waals surface area contributed by atoms with Crippen molar-refractivity contribution in [1.29, 1.82) is 0 Å². The second-order valence-corrected chi connectivity index (χ2v) is 6.79. The van der Waals surface area contributed by atoms with Crippen molar-refractivity contribution in [1.82, 2.24) is 0 Å². The molecule has 2 aromatic heterocycles. The third kappa shape index (κ3) is 7.10. The molecular formula is C22H26Br2N4O. The minimum atomic E-state index is 0. The molecule has 0 saturated heterocycles. The summed E-state index contributed by atoms with van der Waals surface area (Å²) in [6, 6.07) is 17.1. The fourth-order valence-electron chi connectivity index (χ4n) is 3.15. The highest BCUT2D eigenvalue weighted by molar-refractivity contribution is 5.42. The Morgan fingerprint density at radius 3 is 1.55 bits per heavy atom. The number of ether oxygens (including phenoxy) is 1. The van der Waals surface area contributed by atoms with E-state index >= 15 is 0 Å². The zero-order chi connectivity index (χ0) is 18.3. The normalized spacial score (nSPS) is 13.9. The van der Waals surface area contributed by atoms with E-state index in [0.717, 1.165) is 37.6 Å². The summed E-state index contributed by atoms with van der Waals surface area (Å²) in [5, 5.41) is 6.99. The lowest BCUT2D eigenvalue weighted by molar-refractivity contribution is -0.705. The van der Waals surface area contributed by atoms with Gasteiger partial charge in [-0.3, -0.25) is 0 Å². The third-order valence-corrected chi connectivity index (χ3v) is 4.75. The number of pyridine rings is 2. The highest BCUT2D eigenvalue weighted by Crippen LogP contribution is 2.12. The van der Waals surface area contributed by atoms with Gasteiger partial charge in [0, 0.05) is 48.7 Å². The quantitative estimate of drug-likeness (QED) is 0.302. The summed E-state index contributed by atoms with van der Waals surface area (Å²) in [5.74, 6) is 0. The van der Waals surface area contributed by atoms with E-state index in [2.05, 4.69) is 93.1 Å². The lowest BCUT2D eigenvalue weighted by atomic mass is 10.1. The molecule has 6 heterocycles. The molecule has 4 aliphatic rings. The molecule has 0 fully saturated rings. The van der Waals surface area contributed by atoms with Crippen LogP contribution in [0.25, 0.3) is 0 Å². The number of anilines is 2. The summed E-state index contributed by atoms with van der Waals surface area (Å²) in [5.41, 5.74) is 4.81. The number of nitrogens with one attached hydrogen (secondary N) is 2. The molecule has 0 amide bonds. The molecule has 0 aliphatic carbocycles. The minimum absolute atomic E-state index is 0. The van der Waals surface area contributed by atoms with E-state index in [1.54, 1.807) is 0 Å². The molecule has 0 spiro atoms. The maximum absolute atomic E-state index is 5.78. The molecular weight excluding hydrogens is 496 g/mol. The summed E-state index contributed by atoms with van der Waals surface area (Å²) in [6.45, 7) is 4.76. The van der Waals surface area contributed by atoms with Gasteiger partial charge in [-0.05, 0) is 11.1 Å². The topological polar surface area (TPSA) is 41.0 Å². The van der Waals surface area contributed by atoms with Crippen LogP contribution in [0.5, 0.6) is 0 Å². The van der Waals surface area contributed by atoms with Crippen LogP contribution >= 0.6 is 0 Å². The van der Waals surface area contributed by atoms with Gasteiger partial charge in [-0.15, -0.1) is 0 Å². The second kappa shape index (κ2) is 11.9. The molecule has 0 radical (unpaired) electrons. The van der Waals surface area contributed by atoms with Crippen LogP contribution < -0.4 is 53.7 Å². The van der Waals surface area contributed by atoms with Crippen molar-refractivity contribution in [3.8, 4) is 0 Å². The smallest absolute Gasteiger partial charge is 0.171 e. The average molecular weight is 522 g/mol. The van der Waals surface area contributed by atoms with Gasteiger partial charge in [-0.2, -0.15) is 0 Å². The zero-order valence-corrected chi connectivity index (χ0v) is 19.4. The predicted molar refractivity (Wildman–Crippen MR) is 105 cm³/mol. The van der Waals surface area contributed by atoms with Crippen LogP contribution in [0.15, 0.2) is 73.3 Å². The van der Waals surface area contributed by atoms with Crippen LogP contribution in [-0.2, 0) is 30.9 Å². The number of halogens is 2. The van der Waals surface area contributed by atoms with Gasteiger partial charge in [0.15, 0.2) is 37.9 Å². The maximum atomic E-state index is 5.78.